The average Bonchev–Trinajstić information content (AvgIpc) is 2.85. The lowest BCUT2D eigenvalue weighted by Crippen LogP contribution is -2.46. The SMILES string of the molecule is Cc1cc(C(F)(F)F)ccc1NC(=O)c1ccc(N2CCN(c3ccc(C(=O)O)cc3)CC2)nc1. The highest BCUT2D eigenvalue weighted by molar-refractivity contribution is 6.04. The zero-order valence-corrected chi connectivity index (χ0v) is 18.8. The van der Waals surface area contributed by atoms with Gasteiger partial charge in [0, 0.05) is 43.8 Å². The quantitative estimate of drug-likeness (QED) is 0.547. The predicted molar refractivity (Wildman–Crippen MR) is 126 cm³/mol. The topological polar surface area (TPSA) is 85.8 Å². The number of carboxylic acids is 1. The van der Waals surface area contributed by atoms with Crippen molar-refractivity contribution >= 4 is 29.1 Å². The number of carbonyl (C=O) groups excluding carboxylic acids is 1. The van der Waals surface area contributed by atoms with Gasteiger partial charge in [0.15, 0.2) is 0 Å². The van der Waals surface area contributed by atoms with Crippen molar-refractivity contribution in [2.24, 2.45) is 0 Å². The van der Waals surface area contributed by atoms with Crippen LogP contribution in [0.3, 0.4) is 0 Å². The summed E-state index contributed by atoms with van der Waals surface area (Å²) >= 11 is 0. The van der Waals surface area contributed by atoms with Crippen LogP contribution in [0.2, 0.25) is 0 Å². The third-order valence-electron chi connectivity index (χ3n) is 5.90. The summed E-state index contributed by atoms with van der Waals surface area (Å²) in [7, 11) is 0. The maximum Gasteiger partial charge on any atom is 0.416 e. The second-order valence-electron chi connectivity index (χ2n) is 8.21. The monoisotopic (exact) mass is 484 g/mol. The molecular formula is C25H23F3N4O3. The molecule has 4 rings (SSSR count). The van der Waals surface area contributed by atoms with E-state index < -0.39 is 23.6 Å². The highest BCUT2D eigenvalue weighted by Crippen LogP contribution is 2.31. The van der Waals surface area contributed by atoms with Crippen molar-refractivity contribution in [1.29, 1.82) is 0 Å². The lowest BCUT2D eigenvalue weighted by molar-refractivity contribution is -0.137. The minimum atomic E-state index is -4.44. The number of nitrogens with one attached hydrogen (secondary N) is 1. The van der Waals surface area contributed by atoms with Gasteiger partial charge in [-0.3, -0.25) is 4.79 Å². The molecule has 2 heterocycles. The summed E-state index contributed by atoms with van der Waals surface area (Å²) in [4.78, 5) is 32.2. The van der Waals surface area contributed by atoms with Gasteiger partial charge in [-0.1, -0.05) is 0 Å². The number of aryl methyl sites for hydroxylation is 1. The third-order valence-corrected chi connectivity index (χ3v) is 5.90. The summed E-state index contributed by atoms with van der Waals surface area (Å²) in [5.74, 6) is -0.700. The van der Waals surface area contributed by atoms with Crippen LogP contribution in [0.15, 0.2) is 60.8 Å². The zero-order chi connectivity index (χ0) is 25.2. The van der Waals surface area contributed by atoms with Crippen LogP contribution < -0.4 is 15.1 Å². The molecule has 1 saturated heterocycles. The number of hydrogen-bond donors (Lipinski definition) is 2. The average molecular weight is 484 g/mol. The van der Waals surface area contributed by atoms with Gasteiger partial charge in [0.05, 0.1) is 16.7 Å². The first-order valence-corrected chi connectivity index (χ1v) is 10.9. The molecule has 3 aromatic rings. The van der Waals surface area contributed by atoms with E-state index in [2.05, 4.69) is 20.1 Å². The zero-order valence-electron chi connectivity index (χ0n) is 18.8. The van der Waals surface area contributed by atoms with Crippen LogP contribution in [-0.4, -0.2) is 48.1 Å². The highest BCUT2D eigenvalue weighted by Gasteiger charge is 2.30. The number of piperazine rings is 1. The molecule has 1 aliphatic heterocycles. The van der Waals surface area contributed by atoms with E-state index in [-0.39, 0.29) is 5.56 Å². The molecule has 2 aromatic carbocycles. The normalized spacial score (nSPS) is 14.1. The first-order chi connectivity index (χ1) is 16.6. The number of benzene rings is 2. The molecule has 0 saturated carbocycles. The maximum atomic E-state index is 12.8. The number of carbonyl (C=O) groups is 2. The molecule has 1 aliphatic rings. The van der Waals surface area contributed by atoms with Crippen LogP contribution in [0, 0.1) is 6.92 Å². The lowest BCUT2D eigenvalue weighted by atomic mass is 10.1. The molecule has 0 unspecified atom stereocenters. The largest absolute Gasteiger partial charge is 0.478 e. The van der Waals surface area contributed by atoms with Crippen LogP contribution in [-0.2, 0) is 6.18 Å². The van der Waals surface area contributed by atoms with Crippen molar-refractivity contribution in [1.82, 2.24) is 4.98 Å². The predicted octanol–water partition coefficient (Wildman–Crippen LogP) is 4.69. The minimum Gasteiger partial charge on any atom is -0.478 e. The molecule has 1 aromatic heterocycles. The number of carboxylic acid groups (broad SMARTS) is 1. The number of aromatic nitrogens is 1. The maximum absolute atomic E-state index is 12.8. The molecule has 0 spiro atoms. The van der Waals surface area contributed by atoms with E-state index in [0.717, 1.165) is 30.9 Å². The number of nitrogens with zero attached hydrogens (tertiary/aromatic N) is 3. The fourth-order valence-electron chi connectivity index (χ4n) is 3.89. The number of aromatic carboxylic acids is 1. The molecule has 10 heteroatoms. The van der Waals surface area contributed by atoms with Crippen molar-refractivity contribution < 1.29 is 27.9 Å². The molecule has 1 fully saturated rings. The van der Waals surface area contributed by atoms with E-state index in [1.165, 1.54) is 19.2 Å². The highest BCUT2D eigenvalue weighted by atomic mass is 19.4. The van der Waals surface area contributed by atoms with Gasteiger partial charge in [-0.15, -0.1) is 0 Å². The van der Waals surface area contributed by atoms with Gasteiger partial charge in [0.25, 0.3) is 5.91 Å². The van der Waals surface area contributed by atoms with Gasteiger partial charge in [0.2, 0.25) is 0 Å². The Bertz CT molecular complexity index is 1220. The van der Waals surface area contributed by atoms with Gasteiger partial charge in [0.1, 0.15) is 5.82 Å². The number of rotatable bonds is 5. The van der Waals surface area contributed by atoms with Crippen LogP contribution in [0.1, 0.15) is 31.8 Å². The van der Waals surface area contributed by atoms with Gasteiger partial charge in [-0.05, 0) is 67.1 Å². The van der Waals surface area contributed by atoms with E-state index in [4.69, 9.17) is 5.11 Å². The second-order valence-corrected chi connectivity index (χ2v) is 8.21. The van der Waals surface area contributed by atoms with E-state index in [0.29, 0.717) is 35.7 Å². The molecule has 0 aliphatic carbocycles. The summed E-state index contributed by atoms with van der Waals surface area (Å²) in [6.07, 6.45) is -3.00. The van der Waals surface area contributed by atoms with Crippen molar-refractivity contribution in [3.8, 4) is 0 Å². The third kappa shape index (κ3) is 5.53. The number of hydrogen-bond acceptors (Lipinski definition) is 5. The Hall–Kier alpha value is -4.08. The van der Waals surface area contributed by atoms with Crippen molar-refractivity contribution in [3.05, 3.63) is 83.0 Å². The fraction of sp³-hybridized carbons (Fsp3) is 0.240. The van der Waals surface area contributed by atoms with Crippen molar-refractivity contribution in [2.75, 3.05) is 41.3 Å². The Balaban J connectivity index is 1.35. The number of pyridine rings is 1. The van der Waals surface area contributed by atoms with Crippen LogP contribution in [0.4, 0.5) is 30.4 Å². The molecule has 35 heavy (non-hydrogen) atoms. The summed E-state index contributed by atoms with van der Waals surface area (Å²) in [6, 6.07) is 13.3. The molecule has 7 nitrogen and oxygen atoms in total. The molecule has 182 valence electrons. The summed E-state index contributed by atoms with van der Waals surface area (Å²) < 4.78 is 38.5. The second kappa shape index (κ2) is 9.65. The van der Waals surface area contributed by atoms with Gasteiger partial charge in [-0.2, -0.15) is 13.2 Å². The summed E-state index contributed by atoms with van der Waals surface area (Å²) in [5.41, 5.74) is 1.34. The lowest BCUT2D eigenvalue weighted by Gasteiger charge is -2.36. The number of halogens is 3. The smallest absolute Gasteiger partial charge is 0.416 e. The molecular weight excluding hydrogens is 461 g/mol. The number of alkyl halides is 3. The molecule has 2 N–H and O–H groups in total. The van der Waals surface area contributed by atoms with Gasteiger partial charge in [-0.25, -0.2) is 9.78 Å². The van der Waals surface area contributed by atoms with Crippen molar-refractivity contribution in [3.63, 3.8) is 0 Å². The number of amides is 1. The van der Waals surface area contributed by atoms with Gasteiger partial charge >= 0.3 is 12.1 Å². The van der Waals surface area contributed by atoms with E-state index in [9.17, 15) is 22.8 Å². The molecule has 1 amide bonds. The molecule has 0 atom stereocenters. The number of anilines is 3. The van der Waals surface area contributed by atoms with E-state index in [1.54, 1.807) is 36.4 Å². The molecule has 0 radical (unpaired) electrons. The van der Waals surface area contributed by atoms with Gasteiger partial charge < -0.3 is 20.2 Å². The summed E-state index contributed by atoms with van der Waals surface area (Å²) in [6.45, 7) is 4.35. The Morgan fingerprint density at radius 2 is 1.54 bits per heavy atom. The Labute approximate surface area is 199 Å². The Morgan fingerprint density at radius 3 is 2.09 bits per heavy atom. The Kier molecular flexibility index (Phi) is 6.63. The van der Waals surface area contributed by atoms with Crippen LogP contribution in [0.25, 0.3) is 0 Å². The Morgan fingerprint density at radius 1 is 0.914 bits per heavy atom. The van der Waals surface area contributed by atoms with Crippen molar-refractivity contribution in [2.45, 2.75) is 13.1 Å². The first-order valence-electron chi connectivity index (χ1n) is 10.9. The standard InChI is InChI=1S/C25H23F3N4O3/c1-16-14-19(25(26,27)28)5-8-21(16)30-23(33)18-4-9-22(29-15-18)32-12-10-31(11-13-32)20-6-2-17(3-7-20)24(34)35/h2-9,14-15H,10-13H2,1H3,(H,30,33)(H,34,35). The first kappa shape index (κ1) is 24.1. The van der Waals surface area contributed by atoms with E-state index >= 15 is 0 Å². The van der Waals surface area contributed by atoms with E-state index in [1.807, 2.05) is 0 Å². The summed E-state index contributed by atoms with van der Waals surface area (Å²) in [5, 5.41) is 11.7. The minimum absolute atomic E-state index is 0.245. The van der Waals surface area contributed by atoms with Crippen LogP contribution >= 0.6 is 0 Å². The van der Waals surface area contributed by atoms with Crippen LogP contribution in [0.5, 0.6) is 0 Å². The molecule has 0 bridgehead atoms. The fourth-order valence-corrected chi connectivity index (χ4v) is 3.89.